The van der Waals surface area contributed by atoms with Gasteiger partial charge < -0.3 is 20.2 Å². The Bertz CT molecular complexity index is 347. The number of aromatic nitrogens is 1. The fourth-order valence-corrected chi connectivity index (χ4v) is 1.77. The quantitative estimate of drug-likeness (QED) is 0.477. The molecule has 1 aliphatic rings. The standard InChI is InChI=1S/C10H16N4O2/c11-13-9-2-1-3-10(12-9)14-4-5-16-7-8(14)6-15/h1-3,8,15H,4-7,11H2,(H,12,13). The molecule has 0 saturated carbocycles. The molecule has 88 valence electrons. The van der Waals surface area contributed by atoms with Crippen LogP contribution in [-0.4, -0.2) is 42.5 Å². The number of hydrazine groups is 1. The molecule has 2 rings (SSSR count). The molecule has 1 aliphatic heterocycles. The van der Waals surface area contributed by atoms with Gasteiger partial charge in [0.05, 0.1) is 25.9 Å². The minimum atomic E-state index is -0.0331. The molecule has 1 fully saturated rings. The van der Waals surface area contributed by atoms with Crippen molar-refractivity contribution in [3.8, 4) is 0 Å². The van der Waals surface area contributed by atoms with Crippen molar-refractivity contribution in [2.75, 3.05) is 36.7 Å². The van der Waals surface area contributed by atoms with Gasteiger partial charge in [-0.25, -0.2) is 10.8 Å². The molecule has 1 aromatic rings. The van der Waals surface area contributed by atoms with Crippen LogP contribution in [0.15, 0.2) is 18.2 Å². The molecule has 2 heterocycles. The third-order valence-electron chi connectivity index (χ3n) is 2.61. The molecule has 1 atom stereocenters. The third-order valence-corrected chi connectivity index (χ3v) is 2.61. The highest BCUT2D eigenvalue weighted by Crippen LogP contribution is 2.18. The number of nitrogens with zero attached hydrogens (tertiary/aromatic N) is 2. The number of anilines is 2. The Hall–Kier alpha value is -1.37. The van der Waals surface area contributed by atoms with E-state index in [1.807, 2.05) is 17.0 Å². The Labute approximate surface area is 94.0 Å². The zero-order valence-electron chi connectivity index (χ0n) is 8.97. The summed E-state index contributed by atoms with van der Waals surface area (Å²) in [6.07, 6.45) is 0. The minimum Gasteiger partial charge on any atom is -0.394 e. The SMILES string of the molecule is NNc1cccc(N2CCOCC2CO)n1. The molecular formula is C10H16N4O2. The number of nitrogens with one attached hydrogen (secondary N) is 1. The molecule has 1 saturated heterocycles. The van der Waals surface area contributed by atoms with Crippen molar-refractivity contribution in [3.05, 3.63) is 18.2 Å². The number of pyridine rings is 1. The summed E-state index contributed by atoms with van der Waals surface area (Å²) in [5.41, 5.74) is 2.51. The third kappa shape index (κ3) is 2.24. The number of hydrogen-bond acceptors (Lipinski definition) is 6. The van der Waals surface area contributed by atoms with Crippen molar-refractivity contribution in [1.82, 2.24) is 4.98 Å². The monoisotopic (exact) mass is 224 g/mol. The summed E-state index contributed by atoms with van der Waals surface area (Å²) in [7, 11) is 0. The lowest BCUT2D eigenvalue weighted by atomic mass is 10.2. The molecule has 0 amide bonds. The zero-order valence-corrected chi connectivity index (χ0v) is 8.97. The van der Waals surface area contributed by atoms with Gasteiger partial charge in [0.1, 0.15) is 11.6 Å². The highest BCUT2D eigenvalue weighted by Gasteiger charge is 2.23. The Morgan fingerprint density at radius 3 is 3.25 bits per heavy atom. The van der Waals surface area contributed by atoms with E-state index in [4.69, 9.17) is 10.6 Å². The van der Waals surface area contributed by atoms with Crippen LogP contribution in [0.1, 0.15) is 0 Å². The summed E-state index contributed by atoms with van der Waals surface area (Å²) < 4.78 is 5.31. The summed E-state index contributed by atoms with van der Waals surface area (Å²) in [6, 6.07) is 5.53. The maximum atomic E-state index is 9.26. The van der Waals surface area contributed by atoms with Gasteiger partial charge in [-0.3, -0.25) is 0 Å². The van der Waals surface area contributed by atoms with Gasteiger partial charge in [-0.2, -0.15) is 0 Å². The van der Waals surface area contributed by atoms with Crippen LogP contribution in [-0.2, 0) is 4.74 Å². The van der Waals surface area contributed by atoms with E-state index in [1.165, 1.54) is 0 Å². The first-order valence-corrected chi connectivity index (χ1v) is 5.24. The molecule has 1 aromatic heterocycles. The van der Waals surface area contributed by atoms with Crippen LogP contribution in [0.2, 0.25) is 0 Å². The number of morpholine rings is 1. The van der Waals surface area contributed by atoms with Gasteiger partial charge in [0.15, 0.2) is 0 Å². The maximum absolute atomic E-state index is 9.26. The Balaban J connectivity index is 2.20. The topological polar surface area (TPSA) is 83.6 Å². The predicted molar refractivity (Wildman–Crippen MR) is 61.1 cm³/mol. The average molecular weight is 224 g/mol. The summed E-state index contributed by atoms with van der Waals surface area (Å²) in [6.45, 7) is 1.96. The number of hydrogen-bond donors (Lipinski definition) is 3. The summed E-state index contributed by atoms with van der Waals surface area (Å²) in [5, 5.41) is 9.26. The minimum absolute atomic E-state index is 0.0331. The van der Waals surface area contributed by atoms with Gasteiger partial charge in [-0.15, -0.1) is 0 Å². The van der Waals surface area contributed by atoms with Crippen molar-refractivity contribution in [3.63, 3.8) is 0 Å². The number of aliphatic hydroxyl groups is 1. The molecular weight excluding hydrogens is 208 g/mol. The molecule has 6 nitrogen and oxygen atoms in total. The van der Waals surface area contributed by atoms with Crippen molar-refractivity contribution >= 4 is 11.6 Å². The molecule has 0 radical (unpaired) electrons. The number of ether oxygens (including phenoxy) is 1. The summed E-state index contributed by atoms with van der Waals surface area (Å²) in [4.78, 5) is 6.37. The van der Waals surface area contributed by atoms with Crippen LogP contribution in [0.5, 0.6) is 0 Å². The van der Waals surface area contributed by atoms with Crippen LogP contribution in [0.4, 0.5) is 11.6 Å². The van der Waals surface area contributed by atoms with E-state index < -0.39 is 0 Å². The molecule has 1 unspecified atom stereocenters. The van der Waals surface area contributed by atoms with E-state index in [0.717, 1.165) is 12.4 Å². The zero-order chi connectivity index (χ0) is 11.4. The van der Waals surface area contributed by atoms with Crippen molar-refractivity contribution in [2.45, 2.75) is 6.04 Å². The van der Waals surface area contributed by atoms with Crippen molar-refractivity contribution < 1.29 is 9.84 Å². The normalized spacial score (nSPS) is 20.9. The lowest BCUT2D eigenvalue weighted by Gasteiger charge is -2.35. The van der Waals surface area contributed by atoms with E-state index in [9.17, 15) is 5.11 Å². The van der Waals surface area contributed by atoms with Gasteiger partial charge in [0.2, 0.25) is 0 Å². The Morgan fingerprint density at radius 2 is 2.50 bits per heavy atom. The Morgan fingerprint density at radius 1 is 1.62 bits per heavy atom. The second-order valence-corrected chi connectivity index (χ2v) is 3.63. The van der Waals surface area contributed by atoms with Gasteiger partial charge in [-0.05, 0) is 12.1 Å². The van der Waals surface area contributed by atoms with Crippen molar-refractivity contribution in [2.24, 2.45) is 5.84 Å². The second kappa shape index (κ2) is 5.11. The van der Waals surface area contributed by atoms with E-state index in [1.54, 1.807) is 6.07 Å². The van der Waals surface area contributed by atoms with E-state index in [0.29, 0.717) is 19.0 Å². The molecule has 16 heavy (non-hydrogen) atoms. The van der Waals surface area contributed by atoms with Crippen LogP contribution >= 0.6 is 0 Å². The van der Waals surface area contributed by atoms with Crippen LogP contribution < -0.4 is 16.2 Å². The Kier molecular flexibility index (Phi) is 3.55. The molecule has 0 spiro atoms. The van der Waals surface area contributed by atoms with Gasteiger partial charge >= 0.3 is 0 Å². The van der Waals surface area contributed by atoms with Gasteiger partial charge in [-0.1, -0.05) is 6.07 Å². The maximum Gasteiger partial charge on any atom is 0.142 e. The number of nitrogens with two attached hydrogens (primary N) is 1. The average Bonchev–Trinajstić information content (AvgIpc) is 2.38. The van der Waals surface area contributed by atoms with Crippen LogP contribution in [0.3, 0.4) is 0 Å². The molecule has 0 aromatic carbocycles. The van der Waals surface area contributed by atoms with E-state index in [2.05, 4.69) is 10.4 Å². The predicted octanol–water partition coefficient (Wildman–Crippen LogP) is -0.435. The van der Waals surface area contributed by atoms with E-state index >= 15 is 0 Å². The molecule has 0 aliphatic carbocycles. The lowest BCUT2D eigenvalue weighted by molar-refractivity contribution is 0.0723. The summed E-state index contributed by atoms with van der Waals surface area (Å²) >= 11 is 0. The summed E-state index contributed by atoms with van der Waals surface area (Å²) in [5.74, 6) is 6.73. The van der Waals surface area contributed by atoms with Crippen LogP contribution in [0.25, 0.3) is 0 Å². The van der Waals surface area contributed by atoms with Gasteiger partial charge in [0.25, 0.3) is 0 Å². The molecule has 6 heteroatoms. The second-order valence-electron chi connectivity index (χ2n) is 3.63. The number of aliphatic hydroxyl groups excluding tert-OH is 1. The van der Waals surface area contributed by atoms with Crippen molar-refractivity contribution in [1.29, 1.82) is 0 Å². The van der Waals surface area contributed by atoms with E-state index in [-0.39, 0.29) is 12.6 Å². The van der Waals surface area contributed by atoms with Gasteiger partial charge in [0, 0.05) is 6.54 Å². The smallest absolute Gasteiger partial charge is 0.142 e. The highest BCUT2D eigenvalue weighted by molar-refractivity contribution is 5.47. The molecule has 0 bridgehead atoms. The first kappa shape index (κ1) is 11.1. The van der Waals surface area contributed by atoms with Crippen LogP contribution in [0, 0.1) is 0 Å². The fraction of sp³-hybridized carbons (Fsp3) is 0.500. The molecule has 4 N–H and O–H groups in total. The number of rotatable bonds is 3. The first-order chi connectivity index (χ1) is 7.85. The first-order valence-electron chi connectivity index (χ1n) is 5.24. The number of nitrogen functional groups attached to an aromatic ring is 1. The highest BCUT2D eigenvalue weighted by atomic mass is 16.5. The largest absolute Gasteiger partial charge is 0.394 e. The fourth-order valence-electron chi connectivity index (χ4n) is 1.77. The lowest BCUT2D eigenvalue weighted by Crippen LogP contribution is -2.48.